The number of benzene rings is 1. The first-order valence-corrected chi connectivity index (χ1v) is 9.73. The molecule has 1 atom stereocenters. The number of carbonyl (C=O) groups excluding carboxylic acids is 1. The Morgan fingerprint density at radius 1 is 1.27 bits per heavy atom. The van der Waals surface area contributed by atoms with Gasteiger partial charge in [0.1, 0.15) is 0 Å². The molecule has 0 aliphatic carbocycles. The first-order chi connectivity index (χ1) is 11.6. The van der Waals surface area contributed by atoms with Crippen LogP contribution in [0.4, 0.5) is 0 Å². The molecular weight excluding hydrogens is 378 g/mol. The first kappa shape index (κ1) is 24.8. The van der Waals surface area contributed by atoms with Crippen LogP contribution in [-0.2, 0) is 14.8 Å². The highest BCUT2D eigenvalue weighted by atomic mass is 35.5. The lowest BCUT2D eigenvalue weighted by Gasteiger charge is -2.31. The van der Waals surface area contributed by atoms with Crippen LogP contribution in [0.5, 0.6) is 0 Å². The van der Waals surface area contributed by atoms with E-state index in [4.69, 9.17) is 10.5 Å². The normalized spacial score (nSPS) is 13.8. The second-order valence-electron chi connectivity index (χ2n) is 6.73. The summed E-state index contributed by atoms with van der Waals surface area (Å²) in [4.78, 5) is 12.5. The average Bonchev–Trinajstić information content (AvgIpc) is 2.54. The zero-order chi connectivity index (χ0) is 19.1. The molecule has 7 nitrogen and oxygen atoms in total. The number of sulfonamides is 1. The van der Waals surface area contributed by atoms with Gasteiger partial charge in [-0.25, -0.2) is 13.1 Å². The molecular formula is C17H30ClN3O4S. The monoisotopic (exact) mass is 407 g/mol. The number of ether oxygens (including phenoxy) is 1. The van der Waals surface area contributed by atoms with Gasteiger partial charge in [-0.1, -0.05) is 13.8 Å². The Kier molecular flexibility index (Phi) is 10.3. The molecule has 150 valence electrons. The molecule has 0 heterocycles. The van der Waals surface area contributed by atoms with E-state index >= 15 is 0 Å². The largest absolute Gasteiger partial charge is 0.383 e. The van der Waals surface area contributed by atoms with Gasteiger partial charge in [-0.05, 0) is 43.5 Å². The van der Waals surface area contributed by atoms with Gasteiger partial charge in [0, 0.05) is 31.3 Å². The lowest BCUT2D eigenvalue weighted by atomic mass is 9.90. The summed E-state index contributed by atoms with van der Waals surface area (Å²) >= 11 is 0. The fraction of sp³-hybridized carbons (Fsp3) is 0.588. The molecule has 1 rings (SSSR count). The highest BCUT2D eigenvalue weighted by Crippen LogP contribution is 2.17. The molecule has 4 N–H and O–H groups in total. The molecule has 0 aliphatic rings. The standard InChI is InChI=1S/C17H29N3O4S.ClH/c1-13(2)11-17(3,12-18)20-16(21)14-5-7-15(8-6-14)25(22,23)19-9-10-24-4;/h5-8,13,19H,9-12,18H2,1-4H3,(H,20,21);1H. The van der Waals surface area contributed by atoms with Crippen LogP contribution in [0.1, 0.15) is 37.6 Å². The van der Waals surface area contributed by atoms with Crippen LogP contribution in [0.15, 0.2) is 29.2 Å². The van der Waals surface area contributed by atoms with Crippen molar-refractivity contribution in [3.63, 3.8) is 0 Å². The van der Waals surface area contributed by atoms with Crippen molar-refractivity contribution < 1.29 is 17.9 Å². The van der Waals surface area contributed by atoms with Gasteiger partial charge in [0.25, 0.3) is 5.91 Å². The third-order valence-electron chi connectivity index (χ3n) is 3.75. The Morgan fingerprint density at radius 3 is 2.31 bits per heavy atom. The van der Waals surface area contributed by atoms with Crippen molar-refractivity contribution in [1.82, 2.24) is 10.0 Å². The maximum absolute atomic E-state index is 12.4. The molecule has 0 fully saturated rings. The molecule has 9 heteroatoms. The Balaban J connectivity index is 0.00000625. The molecule has 0 bridgehead atoms. The first-order valence-electron chi connectivity index (χ1n) is 8.25. The maximum atomic E-state index is 12.4. The van der Waals surface area contributed by atoms with E-state index in [-0.39, 0.29) is 36.4 Å². The van der Waals surface area contributed by atoms with Gasteiger partial charge in [0.15, 0.2) is 0 Å². The molecule has 1 unspecified atom stereocenters. The molecule has 1 aromatic carbocycles. The Labute approximate surface area is 162 Å². The molecule has 0 saturated carbocycles. The van der Waals surface area contributed by atoms with Gasteiger partial charge < -0.3 is 15.8 Å². The minimum absolute atomic E-state index is 0. The van der Waals surface area contributed by atoms with E-state index in [1.165, 1.54) is 31.4 Å². The number of rotatable bonds is 10. The Morgan fingerprint density at radius 2 is 1.85 bits per heavy atom. The van der Waals surface area contributed by atoms with Crippen LogP contribution < -0.4 is 15.8 Å². The Bertz CT molecular complexity index is 665. The third-order valence-corrected chi connectivity index (χ3v) is 5.23. The van der Waals surface area contributed by atoms with Gasteiger partial charge in [0.05, 0.1) is 11.5 Å². The third kappa shape index (κ3) is 7.59. The molecule has 26 heavy (non-hydrogen) atoms. The van der Waals surface area contributed by atoms with E-state index in [1.807, 2.05) is 6.92 Å². The van der Waals surface area contributed by atoms with Crippen LogP contribution in [0.2, 0.25) is 0 Å². The smallest absolute Gasteiger partial charge is 0.251 e. The zero-order valence-electron chi connectivity index (χ0n) is 15.7. The molecule has 0 spiro atoms. The van der Waals surface area contributed by atoms with Gasteiger partial charge in [-0.15, -0.1) is 12.4 Å². The average molecular weight is 408 g/mol. The van der Waals surface area contributed by atoms with Crippen LogP contribution in [0.25, 0.3) is 0 Å². The zero-order valence-corrected chi connectivity index (χ0v) is 17.4. The van der Waals surface area contributed by atoms with Gasteiger partial charge in [-0.2, -0.15) is 0 Å². The van der Waals surface area contributed by atoms with Crippen molar-refractivity contribution in [1.29, 1.82) is 0 Å². The van der Waals surface area contributed by atoms with Crippen molar-refractivity contribution in [2.45, 2.75) is 37.6 Å². The summed E-state index contributed by atoms with van der Waals surface area (Å²) in [6.07, 6.45) is 0.755. The molecule has 0 saturated heterocycles. The second kappa shape index (κ2) is 10.8. The Hall–Kier alpha value is -1.19. The van der Waals surface area contributed by atoms with Crippen LogP contribution in [0, 0.1) is 5.92 Å². The number of nitrogens with one attached hydrogen (secondary N) is 2. The van der Waals surface area contributed by atoms with E-state index in [0.717, 1.165) is 6.42 Å². The van der Waals surface area contributed by atoms with E-state index in [2.05, 4.69) is 23.9 Å². The van der Waals surface area contributed by atoms with E-state index < -0.39 is 15.6 Å². The lowest BCUT2D eigenvalue weighted by Crippen LogP contribution is -2.52. The summed E-state index contributed by atoms with van der Waals surface area (Å²) in [5, 5.41) is 2.95. The molecule has 0 aromatic heterocycles. The quantitative estimate of drug-likeness (QED) is 0.509. The highest BCUT2D eigenvalue weighted by molar-refractivity contribution is 7.89. The van der Waals surface area contributed by atoms with Crippen molar-refractivity contribution in [2.75, 3.05) is 26.8 Å². The summed E-state index contributed by atoms with van der Waals surface area (Å²) in [7, 11) is -2.12. The summed E-state index contributed by atoms with van der Waals surface area (Å²) in [6.45, 7) is 6.83. The van der Waals surface area contributed by atoms with E-state index in [1.54, 1.807) is 0 Å². The minimum atomic E-state index is -3.61. The number of amides is 1. The van der Waals surface area contributed by atoms with Crippen molar-refractivity contribution >= 4 is 28.3 Å². The number of halogens is 1. The van der Waals surface area contributed by atoms with Crippen molar-refractivity contribution in [3.8, 4) is 0 Å². The number of hydrogen-bond donors (Lipinski definition) is 3. The van der Waals surface area contributed by atoms with Gasteiger partial charge >= 0.3 is 0 Å². The summed E-state index contributed by atoms with van der Waals surface area (Å²) in [6, 6.07) is 5.80. The highest BCUT2D eigenvalue weighted by Gasteiger charge is 2.26. The second-order valence-corrected chi connectivity index (χ2v) is 8.50. The lowest BCUT2D eigenvalue weighted by molar-refractivity contribution is 0.0898. The fourth-order valence-electron chi connectivity index (χ4n) is 2.58. The van der Waals surface area contributed by atoms with Crippen LogP contribution in [-0.4, -0.2) is 46.7 Å². The summed E-state index contributed by atoms with van der Waals surface area (Å²) in [5.41, 5.74) is 5.69. The SMILES string of the molecule is COCCNS(=O)(=O)c1ccc(C(=O)NC(C)(CN)CC(C)C)cc1.Cl. The van der Waals surface area contributed by atoms with Crippen molar-refractivity contribution in [2.24, 2.45) is 11.7 Å². The molecule has 0 radical (unpaired) electrons. The van der Waals surface area contributed by atoms with Gasteiger partial charge in [-0.3, -0.25) is 4.79 Å². The molecule has 1 amide bonds. The van der Waals surface area contributed by atoms with E-state index in [9.17, 15) is 13.2 Å². The van der Waals surface area contributed by atoms with Gasteiger partial charge in [0.2, 0.25) is 10.0 Å². The number of carbonyl (C=O) groups is 1. The topological polar surface area (TPSA) is 111 Å². The fourth-order valence-corrected chi connectivity index (χ4v) is 3.59. The van der Waals surface area contributed by atoms with Crippen molar-refractivity contribution in [3.05, 3.63) is 29.8 Å². The molecule has 1 aromatic rings. The summed E-state index contributed by atoms with van der Waals surface area (Å²) < 4.78 is 31.4. The number of nitrogens with two attached hydrogens (primary N) is 1. The molecule has 0 aliphatic heterocycles. The maximum Gasteiger partial charge on any atom is 0.251 e. The number of methoxy groups -OCH3 is 1. The van der Waals surface area contributed by atoms with E-state index in [0.29, 0.717) is 18.0 Å². The predicted octanol–water partition coefficient (Wildman–Crippen LogP) is 1.53. The predicted molar refractivity (Wildman–Crippen MR) is 105 cm³/mol. The van der Waals surface area contributed by atoms with Crippen LogP contribution in [0.3, 0.4) is 0 Å². The minimum Gasteiger partial charge on any atom is -0.383 e. The van der Waals surface area contributed by atoms with Crippen LogP contribution >= 0.6 is 12.4 Å². The number of hydrogen-bond acceptors (Lipinski definition) is 5. The summed E-state index contributed by atoms with van der Waals surface area (Å²) in [5.74, 6) is 0.115.